The van der Waals surface area contributed by atoms with E-state index in [0.717, 1.165) is 28.6 Å². The smallest absolute Gasteiger partial charge is 0.264 e. The molecule has 2 aromatic carbocycles. The third-order valence-electron chi connectivity index (χ3n) is 3.86. The number of sulfonamides is 1. The molecule has 0 bridgehead atoms. The molecule has 122 valence electrons. The topological polar surface area (TPSA) is 46.6 Å². The van der Waals surface area contributed by atoms with E-state index in [1.807, 2.05) is 31.2 Å². The number of nitrogens with zero attached hydrogens (tertiary/aromatic N) is 1. The molecular formula is C17H18BrNO3S. The molecule has 0 amide bonds. The Morgan fingerprint density at radius 3 is 2.78 bits per heavy atom. The van der Waals surface area contributed by atoms with Crippen LogP contribution in [-0.4, -0.2) is 21.6 Å². The minimum atomic E-state index is -3.60. The molecule has 0 unspecified atom stereocenters. The van der Waals surface area contributed by atoms with Gasteiger partial charge in [0, 0.05) is 12.6 Å². The molecule has 23 heavy (non-hydrogen) atoms. The lowest BCUT2D eigenvalue weighted by Crippen LogP contribution is -2.35. The normalized spacial score (nSPS) is 14.4. The van der Waals surface area contributed by atoms with Crippen molar-refractivity contribution in [2.75, 3.05) is 17.5 Å². The highest BCUT2D eigenvalue weighted by Gasteiger charge is 2.29. The van der Waals surface area contributed by atoms with Crippen molar-refractivity contribution >= 4 is 31.6 Å². The standard InChI is InChI=1S/C17H18BrNO3S/c1-2-22-17-12-14(9-10-15(17)18)23(20,21)19-11-5-7-13-6-3-4-8-16(13)19/h3-4,6,8-10,12H,2,5,7,11H2,1H3. The first-order chi connectivity index (χ1) is 11.0. The fourth-order valence-corrected chi connectivity index (χ4v) is 4.70. The number of fused-ring (bicyclic) bond motifs is 1. The Morgan fingerprint density at radius 1 is 1.22 bits per heavy atom. The van der Waals surface area contributed by atoms with Crippen LogP contribution in [-0.2, 0) is 16.4 Å². The molecular weight excluding hydrogens is 378 g/mol. The van der Waals surface area contributed by atoms with Gasteiger partial charge >= 0.3 is 0 Å². The maximum absolute atomic E-state index is 13.1. The number of hydrogen-bond acceptors (Lipinski definition) is 3. The molecule has 6 heteroatoms. The Bertz CT molecular complexity index is 820. The molecule has 0 saturated carbocycles. The number of ether oxygens (including phenoxy) is 1. The number of aryl methyl sites for hydroxylation is 1. The SMILES string of the molecule is CCOc1cc(S(=O)(=O)N2CCCc3ccccc32)ccc1Br. The molecule has 0 aromatic heterocycles. The van der Waals surface area contributed by atoms with Crippen LogP contribution in [0.4, 0.5) is 5.69 Å². The van der Waals surface area contributed by atoms with Crippen molar-refractivity contribution < 1.29 is 13.2 Å². The lowest BCUT2D eigenvalue weighted by molar-refractivity contribution is 0.337. The van der Waals surface area contributed by atoms with Crippen LogP contribution in [0.25, 0.3) is 0 Å². The largest absolute Gasteiger partial charge is 0.493 e. The van der Waals surface area contributed by atoms with Crippen LogP contribution >= 0.6 is 15.9 Å². The minimum absolute atomic E-state index is 0.251. The van der Waals surface area contributed by atoms with Crippen LogP contribution in [0.1, 0.15) is 18.9 Å². The zero-order valence-electron chi connectivity index (χ0n) is 12.8. The molecule has 0 aliphatic carbocycles. The van der Waals surface area contributed by atoms with E-state index in [9.17, 15) is 8.42 Å². The summed E-state index contributed by atoms with van der Waals surface area (Å²) in [6.45, 7) is 2.85. The first-order valence-corrected chi connectivity index (χ1v) is 9.80. The zero-order valence-corrected chi connectivity index (χ0v) is 15.2. The van der Waals surface area contributed by atoms with Crippen molar-refractivity contribution in [2.45, 2.75) is 24.7 Å². The van der Waals surface area contributed by atoms with Crippen molar-refractivity contribution in [3.8, 4) is 5.75 Å². The molecule has 0 atom stereocenters. The molecule has 0 spiro atoms. The second kappa shape index (κ2) is 6.53. The number of benzene rings is 2. The Labute approximate surface area is 145 Å². The fourth-order valence-electron chi connectivity index (χ4n) is 2.79. The van der Waals surface area contributed by atoms with E-state index in [2.05, 4.69) is 15.9 Å². The van der Waals surface area contributed by atoms with Gasteiger partial charge in [-0.1, -0.05) is 18.2 Å². The quantitative estimate of drug-likeness (QED) is 0.785. The summed E-state index contributed by atoms with van der Waals surface area (Å²) in [5.74, 6) is 0.541. The third kappa shape index (κ3) is 3.10. The van der Waals surface area contributed by atoms with E-state index in [0.29, 0.717) is 18.9 Å². The summed E-state index contributed by atoms with van der Waals surface area (Å²) >= 11 is 3.39. The van der Waals surface area contributed by atoms with Gasteiger partial charge in [0.05, 0.1) is 21.7 Å². The monoisotopic (exact) mass is 395 g/mol. The minimum Gasteiger partial charge on any atom is -0.493 e. The molecule has 0 saturated heterocycles. The van der Waals surface area contributed by atoms with E-state index in [-0.39, 0.29) is 4.90 Å². The summed E-state index contributed by atoms with van der Waals surface area (Å²) in [7, 11) is -3.60. The highest BCUT2D eigenvalue weighted by atomic mass is 79.9. The van der Waals surface area contributed by atoms with Gasteiger partial charge in [-0.3, -0.25) is 4.31 Å². The lowest BCUT2D eigenvalue weighted by Gasteiger charge is -2.30. The van der Waals surface area contributed by atoms with Crippen molar-refractivity contribution in [1.82, 2.24) is 0 Å². The van der Waals surface area contributed by atoms with E-state index in [4.69, 9.17) is 4.74 Å². The predicted octanol–water partition coefficient (Wildman–Crippen LogP) is 3.99. The van der Waals surface area contributed by atoms with E-state index in [1.165, 1.54) is 4.31 Å². The molecule has 0 N–H and O–H groups in total. The van der Waals surface area contributed by atoms with Crippen LogP contribution in [0.5, 0.6) is 5.75 Å². The number of anilines is 1. The number of rotatable bonds is 4. The molecule has 2 aromatic rings. The summed E-state index contributed by atoms with van der Waals surface area (Å²) in [5, 5.41) is 0. The van der Waals surface area contributed by atoms with Gasteiger partial charge in [0.2, 0.25) is 0 Å². The molecule has 3 rings (SSSR count). The second-order valence-corrected chi connectivity index (χ2v) is 8.05. The predicted molar refractivity (Wildman–Crippen MR) is 94.6 cm³/mol. The molecule has 0 fully saturated rings. The Kier molecular flexibility index (Phi) is 4.64. The van der Waals surface area contributed by atoms with Gasteiger partial charge < -0.3 is 4.74 Å². The van der Waals surface area contributed by atoms with Crippen molar-refractivity contribution in [3.63, 3.8) is 0 Å². The number of para-hydroxylation sites is 1. The molecule has 4 nitrogen and oxygen atoms in total. The van der Waals surface area contributed by atoms with Crippen LogP contribution in [0.2, 0.25) is 0 Å². The van der Waals surface area contributed by atoms with E-state index >= 15 is 0 Å². The summed E-state index contributed by atoms with van der Waals surface area (Å²) in [4.78, 5) is 0.251. The average Bonchev–Trinajstić information content (AvgIpc) is 2.56. The second-order valence-electron chi connectivity index (χ2n) is 5.33. The molecule has 1 heterocycles. The summed E-state index contributed by atoms with van der Waals surface area (Å²) in [6.07, 6.45) is 1.73. The highest BCUT2D eigenvalue weighted by Crippen LogP contribution is 2.34. The van der Waals surface area contributed by atoms with Crippen molar-refractivity contribution in [1.29, 1.82) is 0 Å². The first-order valence-electron chi connectivity index (χ1n) is 7.57. The van der Waals surface area contributed by atoms with Gasteiger partial charge in [-0.15, -0.1) is 0 Å². The maximum Gasteiger partial charge on any atom is 0.264 e. The van der Waals surface area contributed by atoms with Crippen molar-refractivity contribution in [3.05, 3.63) is 52.5 Å². The summed E-state index contributed by atoms with van der Waals surface area (Å²) in [6, 6.07) is 12.6. The van der Waals surface area contributed by atoms with Crippen LogP contribution in [0.3, 0.4) is 0 Å². The highest BCUT2D eigenvalue weighted by molar-refractivity contribution is 9.10. The summed E-state index contributed by atoms with van der Waals surface area (Å²) in [5.41, 5.74) is 1.85. The van der Waals surface area contributed by atoms with Gasteiger partial charge in [-0.05, 0) is 59.5 Å². The van der Waals surface area contributed by atoms with Crippen LogP contribution < -0.4 is 9.04 Å². The molecule has 1 aliphatic rings. The van der Waals surface area contributed by atoms with Gasteiger partial charge in [0.1, 0.15) is 5.75 Å². The van der Waals surface area contributed by atoms with Gasteiger partial charge in [0.15, 0.2) is 0 Å². The molecule has 0 radical (unpaired) electrons. The number of halogens is 1. The molecule has 1 aliphatic heterocycles. The van der Waals surface area contributed by atoms with E-state index < -0.39 is 10.0 Å². The first kappa shape index (κ1) is 16.3. The Hall–Kier alpha value is -1.53. The van der Waals surface area contributed by atoms with Crippen molar-refractivity contribution in [2.24, 2.45) is 0 Å². The van der Waals surface area contributed by atoms with Gasteiger partial charge in [-0.2, -0.15) is 0 Å². The lowest BCUT2D eigenvalue weighted by atomic mass is 10.0. The van der Waals surface area contributed by atoms with Crippen LogP contribution in [0, 0.1) is 0 Å². The van der Waals surface area contributed by atoms with Gasteiger partial charge in [0.25, 0.3) is 10.0 Å². The number of hydrogen-bond donors (Lipinski definition) is 0. The Morgan fingerprint density at radius 2 is 2.00 bits per heavy atom. The maximum atomic E-state index is 13.1. The fraction of sp³-hybridized carbons (Fsp3) is 0.294. The van der Waals surface area contributed by atoms with E-state index in [1.54, 1.807) is 18.2 Å². The zero-order chi connectivity index (χ0) is 16.4. The van der Waals surface area contributed by atoms with Crippen LogP contribution in [0.15, 0.2) is 51.8 Å². The van der Waals surface area contributed by atoms with Gasteiger partial charge in [-0.25, -0.2) is 8.42 Å². The third-order valence-corrected chi connectivity index (χ3v) is 6.32. The summed E-state index contributed by atoms with van der Waals surface area (Å²) < 4.78 is 33.9. The Balaban J connectivity index is 2.05. The average molecular weight is 396 g/mol.